The van der Waals surface area contributed by atoms with Crippen molar-refractivity contribution in [3.8, 4) is 11.5 Å². The van der Waals surface area contributed by atoms with Crippen LogP contribution in [0.1, 0.15) is 50.2 Å². The Labute approximate surface area is 249 Å². The molecule has 6 rings (SSSR count). The number of aromatic hydroxyl groups is 1. The number of aromatic nitrogens is 1. The van der Waals surface area contributed by atoms with Crippen LogP contribution in [0.25, 0.3) is 10.2 Å². The summed E-state index contributed by atoms with van der Waals surface area (Å²) >= 11 is 7.91. The first-order valence-corrected chi connectivity index (χ1v) is 15.5. The third-order valence-electron chi connectivity index (χ3n) is 9.18. The van der Waals surface area contributed by atoms with E-state index in [0.29, 0.717) is 42.1 Å². The van der Waals surface area contributed by atoms with Gasteiger partial charge in [0.1, 0.15) is 17.0 Å². The third-order valence-corrected chi connectivity index (χ3v) is 10.3. The number of phenolic OH excluding ortho intramolecular Hbond substituents is 1. The minimum Gasteiger partial charge on any atom is -0.508 e. The van der Waals surface area contributed by atoms with Crippen LogP contribution in [0, 0.1) is 11.8 Å². The lowest BCUT2D eigenvalue weighted by Gasteiger charge is -2.47. The molecule has 1 fully saturated rings. The van der Waals surface area contributed by atoms with E-state index in [9.17, 15) is 9.90 Å². The SMILES string of the molecule is COC(=O)C1(Nc2cccc(Cl)c2)CCC2(CC1)c1cc(O)ccc1CC2C[C@@H](C)COc1ccnc2ccsc12. The fourth-order valence-electron chi connectivity index (χ4n) is 7.16. The van der Waals surface area contributed by atoms with E-state index in [-0.39, 0.29) is 11.4 Å². The number of halogens is 1. The van der Waals surface area contributed by atoms with Crippen molar-refractivity contribution in [2.24, 2.45) is 11.8 Å². The molecule has 2 aliphatic rings. The molecule has 0 saturated heterocycles. The average molecular weight is 591 g/mol. The summed E-state index contributed by atoms with van der Waals surface area (Å²) in [5, 5.41) is 16.6. The number of esters is 1. The molecule has 2 heterocycles. The molecular formula is C33H35ClN2O4S. The summed E-state index contributed by atoms with van der Waals surface area (Å²) in [6.45, 7) is 2.87. The first-order valence-electron chi connectivity index (χ1n) is 14.2. The number of rotatable bonds is 8. The Morgan fingerprint density at radius 2 is 2.00 bits per heavy atom. The predicted octanol–water partition coefficient (Wildman–Crippen LogP) is 7.77. The van der Waals surface area contributed by atoms with Gasteiger partial charge in [0.2, 0.25) is 0 Å². The van der Waals surface area contributed by atoms with E-state index < -0.39 is 5.54 Å². The molecule has 0 radical (unpaired) electrons. The fourth-order valence-corrected chi connectivity index (χ4v) is 8.17. The van der Waals surface area contributed by atoms with Gasteiger partial charge in [-0.1, -0.05) is 30.7 Å². The first kappa shape index (κ1) is 27.9. The van der Waals surface area contributed by atoms with E-state index in [1.165, 1.54) is 18.2 Å². The molecule has 8 heteroatoms. The Kier molecular flexibility index (Phi) is 7.60. The van der Waals surface area contributed by atoms with Crippen LogP contribution in [0.2, 0.25) is 5.02 Å². The molecular weight excluding hydrogens is 556 g/mol. The van der Waals surface area contributed by atoms with Crippen LogP contribution in [0.5, 0.6) is 11.5 Å². The summed E-state index contributed by atoms with van der Waals surface area (Å²) in [7, 11) is 1.45. The lowest BCUT2D eigenvalue weighted by Crippen LogP contribution is -2.53. The zero-order chi connectivity index (χ0) is 28.6. The van der Waals surface area contributed by atoms with Crippen LogP contribution in [0.15, 0.2) is 66.2 Å². The van der Waals surface area contributed by atoms with E-state index >= 15 is 0 Å². The topological polar surface area (TPSA) is 80.7 Å². The van der Waals surface area contributed by atoms with Crippen LogP contribution in [-0.2, 0) is 21.4 Å². The Bertz CT molecular complexity index is 1560. The van der Waals surface area contributed by atoms with Crippen molar-refractivity contribution in [3.05, 3.63) is 82.3 Å². The standard InChI is InChI=1S/C33H35ClN2O4S/c1-21(20-40-29-8-14-35-28-9-15-41-30(28)29)16-23-17-22-6-7-26(37)19-27(22)32(23)10-12-33(13-11-32,31(38)39-2)36-25-5-3-4-24(34)18-25/h3-9,14-15,18-19,21,23,36-37H,10-13,16-17,20H2,1-2H3/t21-,23?,32?,33?/m1/s1. The molecule has 0 aliphatic heterocycles. The highest BCUT2D eigenvalue weighted by Gasteiger charge is 2.54. The number of ether oxygens (including phenoxy) is 2. The quantitative estimate of drug-likeness (QED) is 0.204. The van der Waals surface area contributed by atoms with Crippen LogP contribution in [0.3, 0.4) is 0 Å². The monoisotopic (exact) mass is 590 g/mol. The Hall–Kier alpha value is -3.29. The number of nitrogens with zero attached hydrogens (tertiary/aromatic N) is 1. The molecule has 2 N–H and O–H groups in total. The van der Waals surface area contributed by atoms with Crippen molar-refractivity contribution < 1.29 is 19.4 Å². The molecule has 2 aliphatic carbocycles. The molecule has 6 nitrogen and oxygen atoms in total. The van der Waals surface area contributed by atoms with Crippen molar-refractivity contribution in [2.75, 3.05) is 19.0 Å². The second-order valence-electron chi connectivity index (χ2n) is 11.7. The minimum atomic E-state index is -0.836. The highest BCUT2D eigenvalue weighted by Crippen LogP contribution is 2.56. The number of hydrogen-bond acceptors (Lipinski definition) is 7. The van der Waals surface area contributed by atoms with Gasteiger partial charge in [0.25, 0.3) is 0 Å². The van der Waals surface area contributed by atoms with Gasteiger partial charge in [-0.05, 0) is 115 Å². The van der Waals surface area contributed by atoms with Gasteiger partial charge in [0.05, 0.1) is 23.9 Å². The van der Waals surface area contributed by atoms with Gasteiger partial charge in [-0.15, -0.1) is 11.3 Å². The highest BCUT2D eigenvalue weighted by atomic mass is 35.5. The van der Waals surface area contributed by atoms with Crippen LogP contribution in [-0.4, -0.2) is 35.3 Å². The summed E-state index contributed by atoms with van der Waals surface area (Å²) in [5.74, 6) is 1.62. The van der Waals surface area contributed by atoms with E-state index in [1.54, 1.807) is 23.6 Å². The van der Waals surface area contributed by atoms with Crippen molar-refractivity contribution >= 4 is 44.8 Å². The number of carbonyl (C=O) groups excluding carboxylic acids is 1. The van der Waals surface area contributed by atoms with E-state index in [1.807, 2.05) is 47.8 Å². The molecule has 2 atom stereocenters. The number of hydrogen-bond donors (Lipinski definition) is 2. The van der Waals surface area contributed by atoms with Gasteiger partial charge in [-0.25, -0.2) is 4.79 Å². The van der Waals surface area contributed by atoms with Crippen LogP contribution in [0.4, 0.5) is 5.69 Å². The van der Waals surface area contributed by atoms with Gasteiger partial charge < -0.3 is 19.9 Å². The Morgan fingerprint density at radius 3 is 2.78 bits per heavy atom. The fraction of sp³-hybridized carbons (Fsp3) is 0.394. The summed E-state index contributed by atoms with van der Waals surface area (Å²) in [6.07, 6.45) is 6.61. The van der Waals surface area contributed by atoms with Crippen molar-refractivity contribution in [1.29, 1.82) is 0 Å². The number of benzene rings is 2. The lowest BCUT2D eigenvalue weighted by atomic mass is 9.59. The normalized spacial score (nSPS) is 24.2. The van der Waals surface area contributed by atoms with Crippen LogP contribution < -0.4 is 10.1 Å². The van der Waals surface area contributed by atoms with Gasteiger partial charge in [-0.2, -0.15) is 0 Å². The number of fused-ring (bicyclic) bond motifs is 3. The second kappa shape index (κ2) is 11.2. The molecule has 0 bridgehead atoms. The smallest absolute Gasteiger partial charge is 0.331 e. The first-order chi connectivity index (χ1) is 19.8. The Balaban J connectivity index is 1.23. The lowest BCUT2D eigenvalue weighted by molar-refractivity contribution is -0.148. The molecule has 1 unspecified atom stereocenters. The molecule has 4 aromatic rings. The van der Waals surface area contributed by atoms with Crippen molar-refractivity contribution in [1.82, 2.24) is 4.98 Å². The number of anilines is 1. The van der Waals surface area contributed by atoms with Crippen LogP contribution >= 0.6 is 22.9 Å². The molecule has 1 spiro atoms. The summed E-state index contributed by atoms with van der Waals surface area (Å²) in [5.41, 5.74) is 3.33. The van der Waals surface area contributed by atoms with E-state index in [0.717, 1.165) is 47.3 Å². The van der Waals surface area contributed by atoms with E-state index in [4.69, 9.17) is 21.1 Å². The summed E-state index contributed by atoms with van der Waals surface area (Å²) < 4.78 is 12.7. The van der Waals surface area contributed by atoms with Crippen molar-refractivity contribution in [3.63, 3.8) is 0 Å². The summed E-state index contributed by atoms with van der Waals surface area (Å²) in [4.78, 5) is 17.7. The molecule has 2 aromatic carbocycles. The van der Waals surface area contributed by atoms with Gasteiger partial charge in [-0.3, -0.25) is 4.98 Å². The number of pyridine rings is 1. The zero-order valence-electron chi connectivity index (χ0n) is 23.4. The second-order valence-corrected chi connectivity index (χ2v) is 13.1. The maximum absolute atomic E-state index is 13.3. The third kappa shape index (κ3) is 5.26. The molecule has 41 heavy (non-hydrogen) atoms. The minimum absolute atomic E-state index is 0.131. The van der Waals surface area contributed by atoms with Gasteiger partial charge >= 0.3 is 5.97 Å². The maximum atomic E-state index is 13.3. The highest BCUT2D eigenvalue weighted by molar-refractivity contribution is 7.17. The largest absolute Gasteiger partial charge is 0.508 e. The maximum Gasteiger partial charge on any atom is 0.331 e. The number of methoxy groups -OCH3 is 1. The average Bonchev–Trinajstić information content (AvgIpc) is 3.56. The number of thiophene rings is 1. The molecule has 0 amide bonds. The molecule has 2 aromatic heterocycles. The predicted molar refractivity (Wildman–Crippen MR) is 164 cm³/mol. The summed E-state index contributed by atoms with van der Waals surface area (Å²) in [6, 6.07) is 17.3. The Morgan fingerprint density at radius 1 is 1.17 bits per heavy atom. The number of carbonyl (C=O) groups is 1. The van der Waals surface area contributed by atoms with Crippen molar-refractivity contribution in [2.45, 2.75) is 56.4 Å². The molecule has 214 valence electrons. The van der Waals surface area contributed by atoms with Gasteiger partial charge in [0.15, 0.2) is 0 Å². The zero-order valence-corrected chi connectivity index (χ0v) is 24.9. The number of phenols is 1. The van der Waals surface area contributed by atoms with Gasteiger partial charge in [0, 0.05) is 16.9 Å². The number of nitrogens with one attached hydrogen (secondary N) is 1. The molecule has 1 saturated carbocycles. The van der Waals surface area contributed by atoms with E-state index in [2.05, 4.69) is 23.3 Å².